The summed E-state index contributed by atoms with van der Waals surface area (Å²) in [5.74, 6) is 0. The Morgan fingerprint density at radius 3 is 2.58 bits per heavy atom. The number of pyridine rings is 1. The molecule has 0 aliphatic rings. The molecule has 0 bridgehead atoms. The molecule has 0 fully saturated rings. The third-order valence-corrected chi connectivity index (χ3v) is 3.16. The fourth-order valence-corrected chi connectivity index (χ4v) is 2.03. The lowest BCUT2D eigenvalue weighted by atomic mass is 10.2. The summed E-state index contributed by atoms with van der Waals surface area (Å²) in [4.78, 5) is 6.34. The lowest BCUT2D eigenvalue weighted by Gasteiger charge is -2.18. The molecule has 0 spiro atoms. The van der Waals surface area contributed by atoms with E-state index in [-0.39, 0.29) is 0 Å². The largest absolute Gasteiger partial charge is 0.384 e. The summed E-state index contributed by atoms with van der Waals surface area (Å²) in [5, 5.41) is 3.48. The van der Waals surface area contributed by atoms with Crippen LogP contribution in [0.15, 0.2) is 48.8 Å². The van der Waals surface area contributed by atoms with Crippen LogP contribution in [-0.4, -0.2) is 30.0 Å². The fraction of sp³-hybridized carbons (Fsp3) is 0.312. The van der Waals surface area contributed by atoms with Crippen molar-refractivity contribution in [2.45, 2.75) is 13.5 Å². The van der Waals surface area contributed by atoms with Gasteiger partial charge >= 0.3 is 0 Å². The van der Waals surface area contributed by atoms with Crippen molar-refractivity contribution >= 4 is 5.69 Å². The number of aromatic nitrogens is 1. The maximum absolute atomic E-state index is 4.03. The Balaban J connectivity index is 1.75. The van der Waals surface area contributed by atoms with Crippen molar-refractivity contribution in [2.24, 2.45) is 0 Å². The quantitative estimate of drug-likeness (QED) is 0.860. The third-order valence-electron chi connectivity index (χ3n) is 3.16. The molecule has 0 atom stereocenters. The molecule has 0 aliphatic carbocycles. The molecule has 1 aromatic carbocycles. The minimum atomic E-state index is 0.951. The average molecular weight is 255 g/mol. The van der Waals surface area contributed by atoms with Gasteiger partial charge in [0.2, 0.25) is 0 Å². The first kappa shape index (κ1) is 13.6. The highest BCUT2D eigenvalue weighted by Crippen LogP contribution is 2.12. The van der Waals surface area contributed by atoms with Gasteiger partial charge in [-0.05, 0) is 43.3 Å². The Bertz CT molecular complexity index is 496. The van der Waals surface area contributed by atoms with Gasteiger partial charge in [-0.15, -0.1) is 0 Å². The minimum absolute atomic E-state index is 0.951. The number of hydrogen-bond acceptors (Lipinski definition) is 3. The molecular formula is C16H21N3. The maximum Gasteiger partial charge on any atom is 0.0370 e. The van der Waals surface area contributed by atoms with Crippen LogP contribution in [0.25, 0.3) is 0 Å². The zero-order chi connectivity index (χ0) is 13.5. The fourth-order valence-electron chi connectivity index (χ4n) is 2.03. The van der Waals surface area contributed by atoms with E-state index in [0.717, 1.165) is 19.6 Å². The number of anilines is 1. The molecule has 3 nitrogen and oxygen atoms in total. The van der Waals surface area contributed by atoms with Crippen molar-refractivity contribution < 1.29 is 0 Å². The first-order chi connectivity index (χ1) is 9.25. The molecule has 0 saturated heterocycles. The Kier molecular flexibility index (Phi) is 4.93. The summed E-state index contributed by atoms with van der Waals surface area (Å²) in [6, 6.07) is 12.5. The summed E-state index contributed by atoms with van der Waals surface area (Å²) in [6.07, 6.45) is 3.68. The molecule has 2 aromatic rings. The summed E-state index contributed by atoms with van der Waals surface area (Å²) in [7, 11) is 2.14. The van der Waals surface area contributed by atoms with Crippen molar-refractivity contribution in [1.82, 2.24) is 9.88 Å². The standard InChI is InChI=1S/C16H21N3/c1-14-5-3-4-6-16(14)18-11-12-19(2)13-15-7-9-17-10-8-15/h3-10,18H,11-13H2,1-2H3. The van der Waals surface area contributed by atoms with E-state index in [9.17, 15) is 0 Å². The van der Waals surface area contributed by atoms with E-state index in [2.05, 4.69) is 65.6 Å². The van der Waals surface area contributed by atoms with E-state index >= 15 is 0 Å². The van der Waals surface area contributed by atoms with E-state index in [0.29, 0.717) is 0 Å². The topological polar surface area (TPSA) is 28.2 Å². The van der Waals surface area contributed by atoms with Gasteiger partial charge in [-0.3, -0.25) is 4.98 Å². The maximum atomic E-state index is 4.03. The molecule has 3 heteroatoms. The molecule has 19 heavy (non-hydrogen) atoms. The van der Waals surface area contributed by atoms with Crippen LogP contribution in [0.4, 0.5) is 5.69 Å². The Morgan fingerprint density at radius 2 is 1.84 bits per heavy atom. The number of hydrogen-bond donors (Lipinski definition) is 1. The van der Waals surface area contributed by atoms with Crippen LogP contribution < -0.4 is 5.32 Å². The van der Waals surface area contributed by atoms with Crippen molar-refractivity contribution in [3.63, 3.8) is 0 Å². The molecular weight excluding hydrogens is 234 g/mol. The Labute approximate surface area is 115 Å². The van der Waals surface area contributed by atoms with Gasteiger partial charge in [0.15, 0.2) is 0 Å². The van der Waals surface area contributed by atoms with E-state index in [4.69, 9.17) is 0 Å². The first-order valence-corrected chi connectivity index (χ1v) is 6.62. The normalized spacial score (nSPS) is 10.7. The van der Waals surface area contributed by atoms with Crippen molar-refractivity contribution in [1.29, 1.82) is 0 Å². The van der Waals surface area contributed by atoms with Gasteiger partial charge in [-0.1, -0.05) is 18.2 Å². The van der Waals surface area contributed by atoms with Crippen LogP contribution in [0, 0.1) is 6.92 Å². The van der Waals surface area contributed by atoms with E-state index in [1.807, 2.05) is 12.4 Å². The van der Waals surface area contributed by atoms with Gasteiger partial charge in [0.1, 0.15) is 0 Å². The molecule has 100 valence electrons. The van der Waals surface area contributed by atoms with Crippen molar-refractivity contribution in [3.8, 4) is 0 Å². The Hall–Kier alpha value is -1.87. The van der Waals surface area contributed by atoms with Gasteiger partial charge in [0.05, 0.1) is 0 Å². The van der Waals surface area contributed by atoms with Gasteiger partial charge < -0.3 is 10.2 Å². The number of nitrogens with one attached hydrogen (secondary N) is 1. The molecule has 1 aromatic heterocycles. The number of benzene rings is 1. The highest BCUT2D eigenvalue weighted by Gasteiger charge is 2.00. The zero-order valence-corrected chi connectivity index (χ0v) is 11.6. The number of nitrogens with zero attached hydrogens (tertiary/aromatic N) is 2. The number of rotatable bonds is 6. The second-order valence-electron chi connectivity index (χ2n) is 4.83. The van der Waals surface area contributed by atoms with Gasteiger partial charge in [-0.25, -0.2) is 0 Å². The lowest BCUT2D eigenvalue weighted by molar-refractivity contribution is 0.340. The average Bonchev–Trinajstić information content (AvgIpc) is 2.42. The number of aryl methyl sites for hydroxylation is 1. The third kappa shape index (κ3) is 4.38. The molecule has 1 N–H and O–H groups in total. The minimum Gasteiger partial charge on any atom is -0.384 e. The van der Waals surface area contributed by atoms with E-state index in [1.165, 1.54) is 16.8 Å². The SMILES string of the molecule is Cc1ccccc1NCCN(C)Cc1ccncc1. The van der Waals surface area contributed by atoms with Gasteiger partial charge in [0.25, 0.3) is 0 Å². The van der Waals surface area contributed by atoms with Crippen molar-refractivity contribution in [3.05, 3.63) is 59.9 Å². The smallest absolute Gasteiger partial charge is 0.0370 e. The van der Waals surface area contributed by atoms with Crippen LogP contribution in [0.1, 0.15) is 11.1 Å². The molecule has 0 saturated carbocycles. The monoisotopic (exact) mass is 255 g/mol. The Morgan fingerprint density at radius 1 is 1.11 bits per heavy atom. The zero-order valence-electron chi connectivity index (χ0n) is 11.6. The van der Waals surface area contributed by atoms with Gasteiger partial charge in [0, 0.05) is 37.7 Å². The molecule has 0 radical (unpaired) electrons. The molecule has 0 aliphatic heterocycles. The molecule has 0 amide bonds. The molecule has 0 unspecified atom stereocenters. The predicted molar refractivity (Wildman–Crippen MR) is 80.2 cm³/mol. The van der Waals surface area contributed by atoms with Crippen LogP contribution in [-0.2, 0) is 6.54 Å². The highest BCUT2D eigenvalue weighted by molar-refractivity contribution is 5.50. The summed E-state index contributed by atoms with van der Waals surface area (Å²) in [5.41, 5.74) is 3.81. The summed E-state index contributed by atoms with van der Waals surface area (Å²) < 4.78 is 0. The second kappa shape index (κ2) is 6.90. The number of likely N-dealkylation sites (N-methyl/N-ethyl adjacent to an activating group) is 1. The first-order valence-electron chi connectivity index (χ1n) is 6.62. The van der Waals surface area contributed by atoms with E-state index in [1.54, 1.807) is 0 Å². The van der Waals surface area contributed by atoms with Gasteiger partial charge in [-0.2, -0.15) is 0 Å². The second-order valence-corrected chi connectivity index (χ2v) is 4.83. The summed E-state index contributed by atoms with van der Waals surface area (Å²) >= 11 is 0. The summed E-state index contributed by atoms with van der Waals surface area (Å²) in [6.45, 7) is 5.05. The van der Waals surface area contributed by atoms with Crippen LogP contribution >= 0.6 is 0 Å². The highest BCUT2D eigenvalue weighted by atomic mass is 15.1. The predicted octanol–water partition coefficient (Wildman–Crippen LogP) is 2.93. The number of para-hydroxylation sites is 1. The van der Waals surface area contributed by atoms with Crippen molar-refractivity contribution in [2.75, 3.05) is 25.5 Å². The molecule has 2 rings (SSSR count). The van der Waals surface area contributed by atoms with E-state index < -0.39 is 0 Å². The lowest BCUT2D eigenvalue weighted by Crippen LogP contribution is -2.24. The molecule has 1 heterocycles. The van der Waals surface area contributed by atoms with Crippen LogP contribution in [0.5, 0.6) is 0 Å². The van der Waals surface area contributed by atoms with Crippen LogP contribution in [0.2, 0.25) is 0 Å². The van der Waals surface area contributed by atoms with Crippen LogP contribution in [0.3, 0.4) is 0 Å².